The normalized spacial score (nSPS) is 9.08. The Morgan fingerprint density at radius 3 is 2.08 bits per heavy atom. The van der Waals surface area contributed by atoms with Crippen molar-refractivity contribution in [1.29, 1.82) is 0 Å². The van der Waals surface area contributed by atoms with E-state index in [-0.39, 0.29) is 10.9 Å². The van der Waals surface area contributed by atoms with Gasteiger partial charge in [0, 0.05) is 13.8 Å². The van der Waals surface area contributed by atoms with Gasteiger partial charge in [0.25, 0.3) is 5.78 Å². The van der Waals surface area contributed by atoms with Crippen molar-refractivity contribution in [3.05, 3.63) is 0 Å². The molecular formula is C7H8O5S. The summed E-state index contributed by atoms with van der Waals surface area (Å²) in [6.07, 6.45) is 0. The zero-order valence-electron chi connectivity index (χ0n) is 7.16. The van der Waals surface area contributed by atoms with Crippen molar-refractivity contribution in [1.82, 2.24) is 0 Å². The number of ether oxygens (including phenoxy) is 1. The van der Waals surface area contributed by atoms with Crippen molar-refractivity contribution in [2.45, 2.75) is 13.8 Å². The molecule has 0 saturated heterocycles. The van der Waals surface area contributed by atoms with Crippen LogP contribution in [0, 0.1) is 0 Å². The van der Waals surface area contributed by atoms with Crippen LogP contribution in [0.3, 0.4) is 0 Å². The molecule has 0 bridgehead atoms. The third kappa shape index (κ3) is 6.03. The number of hydrogen-bond donors (Lipinski definition) is 0. The van der Waals surface area contributed by atoms with Crippen molar-refractivity contribution in [3.8, 4) is 0 Å². The van der Waals surface area contributed by atoms with Crippen molar-refractivity contribution >= 4 is 34.6 Å². The fourth-order valence-electron chi connectivity index (χ4n) is 0.414. The van der Waals surface area contributed by atoms with Crippen LogP contribution < -0.4 is 0 Å². The fourth-order valence-corrected chi connectivity index (χ4v) is 0.866. The summed E-state index contributed by atoms with van der Waals surface area (Å²) in [6.45, 7) is 2.29. The topological polar surface area (TPSA) is 77.5 Å². The summed E-state index contributed by atoms with van der Waals surface area (Å²) in [5, 5.41) is -0.274. The molecule has 6 heteroatoms. The molecule has 0 unspecified atom stereocenters. The van der Waals surface area contributed by atoms with Gasteiger partial charge in [-0.25, -0.2) is 4.79 Å². The number of hydrogen-bond acceptors (Lipinski definition) is 6. The number of esters is 2. The molecule has 0 saturated carbocycles. The lowest BCUT2D eigenvalue weighted by atomic mass is 10.5. The maximum Gasteiger partial charge on any atom is 0.383 e. The van der Waals surface area contributed by atoms with E-state index in [0.717, 1.165) is 6.92 Å². The van der Waals surface area contributed by atoms with Crippen molar-refractivity contribution in [2.75, 3.05) is 5.75 Å². The van der Waals surface area contributed by atoms with Crippen LogP contribution in [0.25, 0.3) is 0 Å². The summed E-state index contributed by atoms with van der Waals surface area (Å²) in [7, 11) is 0. The number of carbonyl (C=O) groups excluding carboxylic acids is 4. The summed E-state index contributed by atoms with van der Waals surface area (Å²) < 4.78 is 3.99. The van der Waals surface area contributed by atoms with Gasteiger partial charge < -0.3 is 4.74 Å². The van der Waals surface area contributed by atoms with Gasteiger partial charge in [-0.2, -0.15) is 0 Å². The first-order valence-corrected chi connectivity index (χ1v) is 4.31. The molecule has 0 spiro atoms. The van der Waals surface area contributed by atoms with Gasteiger partial charge in [0.2, 0.25) is 0 Å². The number of thioether (sulfide) groups is 1. The van der Waals surface area contributed by atoms with Gasteiger partial charge in [0.1, 0.15) is 0 Å². The highest BCUT2D eigenvalue weighted by Crippen LogP contribution is 2.01. The first-order valence-electron chi connectivity index (χ1n) is 3.32. The number of Topliss-reactive ketones (excluding diaryl/α,β-unsaturated/α-hetero) is 1. The Hall–Kier alpha value is -1.17. The summed E-state index contributed by atoms with van der Waals surface area (Å²) >= 11 is 0.694. The van der Waals surface area contributed by atoms with E-state index >= 15 is 0 Å². The van der Waals surface area contributed by atoms with Crippen LogP contribution in [0.1, 0.15) is 13.8 Å². The average molecular weight is 204 g/mol. The third-order valence-electron chi connectivity index (χ3n) is 0.871. The summed E-state index contributed by atoms with van der Waals surface area (Å²) in [4.78, 5) is 42.0. The predicted octanol–water partition coefficient (Wildman–Crippen LogP) is -0.0751. The molecule has 5 nitrogen and oxygen atoms in total. The van der Waals surface area contributed by atoms with E-state index in [9.17, 15) is 19.2 Å². The van der Waals surface area contributed by atoms with Gasteiger partial charge in [-0.05, 0) is 0 Å². The number of ketones is 1. The van der Waals surface area contributed by atoms with Crippen LogP contribution in [0.15, 0.2) is 0 Å². The highest BCUT2D eigenvalue weighted by molar-refractivity contribution is 8.14. The maximum atomic E-state index is 10.8. The highest BCUT2D eigenvalue weighted by Gasteiger charge is 2.17. The lowest BCUT2D eigenvalue weighted by Crippen LogP contribution is -2.21. The molecule has 0 aromatic rings. The highest BCUT2D eigenvalue weighted by atomic mass is 32.2. The quantitative estimate of drug-likeness (QED) is 0.363. The van der Waals surface area contributed by atoms with Crippen LogP contribution >= 0.6 is 11.8 Å². The molecule has 0 rings (SSSR count). The molecule has 0 radical (unpaired) electrons. The maximum absolute atomic E-state index is 10.8. The van der Waals surface area contributed by atoms with Gasteiger partial charge in [-0.15, -0.1) is 0 Å². The molecule has 72 valence electrons. The standard InChI is InChI=1S/C7H8O5S/c1-4(8)12-7(11)6(10)3-13-5(2)9/h3H2,1-2H3. The lowest BCUT2D eigenvalue weighted by molar-refractivity contribution is -0.162. The predicted molar refractivity (Wildman–Crippen MR) is 44.9 cm³/mol. The van der Waals surface area contributed by atoms with Gasteiger partial charge in [-0.1, -0.05) is 11.8 Å². The second-order valence-corrected chi connectivity index (χ2v) is 3.24. The minimum Gasteiger partial charge on any atom is -0.387 e. The molecule has 0 aliphatic carbocycles. The molecule has 0 aliphatic rings. The first kappa shape index (κ1) is 11.8. The summed E-state index contributed by atoms with van der Waals surface area (Å²) in [5.74, 6) is -3.25. The Morgan fingerprint density at radius 2 is 1.69 bits per heavy atom. The van der Waals surface area contributed by atoms with Crippen LogP contribution in [-0.2, 0) is 23.9 Å². The zero-order valence-corrected chi connectivity index (χ0v) is 7.97. The Kier molecular flexibility index (Phi) is 4.98. The molecule has 0 fully saturated rings. The number of carbonyl (C=O) groups is 4. The van der Waals surface area contributed by atoms with Crippen LogP contribution in [0.4, 0.5) is 0 Å². The molecule has 0 amide bonds. The van der Waals surface area contributed by atoms with E-state index in [1.54, 1.807) is 0 Å². The van der Waals surface area contributed by atoms with Crippen LogP contribution in [0.2, 0.25) is 0 Å². The Balaban J connectivity index is 3.90. The van der Waals surface area contributed by atoms with E-state index in [1.165, 1.54) is 6.92 Å². The van der Waals surface area contributed by atoms with E-state index in [1.807, 2.05) is 0 Å². The minimum absolute atomic E-state index is 0.274. The molecule has 0 aromatic heterocycles. The van der Waals surface area contributed by atoms with Gasteiger partial charge in [-0.3, -0.25) is 14.4 Å². The summed E-state index contributed by atoms with van der Waals surface area (Å²) in [6, 6.07) is 0. The Morgan fingerprint density at radius 1 is 1.15 bits per heavy atom. The molecule has 13 heavy (non-hydrogen) atoms. The van der Waals surface area contributed by atoms with Crippen LogP contribution in [-0.4, -0.2) is 28.6 Å². The Labute approximate surface area is 78.8 Å². The zero-order chi connectivity index (χ0) is 10.4. The van der Waals surface area contributed by atoms with Crippen molar-refractivity contribution in [2.24, 2.45) is 0 Å². The van der Waals surface area contributed by atoms with E-state index < -0.39 is 17.7 Å². The van der Waals surface area contributed by atoms with Gasteiger partial charge in [0.15, 0.2) is 5.12 Å². The molecule has 0 atom stereocenters. The second kappa shape index (κ2) is 5.47. The molecular weight excluding hydrogens is 196 g/mol. The third-order valence-corrected chi connectivity index (χ3v) is 1.68. The monoisotopic (exact) mass is 204 g/mol. The van der Waals surface area contributed by atoms with E-state index in [4.69, 9.17) is 0 Å². The average Bonchev–Trinajstić information content (AvgIpc) is 1.98. The minimum atomic E-state index is -1.22. The second-order valence-electron chi connectivity index (χ2n) is 2.08. The van der Waals surface area contributed by atoms with Crippen molar-refractivity contribution < 1.29 is 23.9 Å². The largest absolute Gasteiger partial charge is 0.387 e. The Bertz CT molecular complexity index is 258. The lowest BCUT2D eigenvalue weighted by Gasteiger charge is -1.96. The summed E-state index contributed by atoms with van der Waals surface area (Å²) in [5.41, 5.74) is 0. The van der Waals surface area contributed by atoms with Crippen LogP contribution in [0.5, 0.6) is 0 Å². The van der Waals surface area contributed by atoms with Crippen molar-refractivity contribution in [3.63, 3.8) is 0 Å². The molecule has 0 N–H and O–H groups in total. The smallest absolute Gasteiger partial charge is 0.383 e. The molecule has 0 aromatic carbocycles. The first-order chi connectivity index (χ1) is 5.93. The van der Waals surface area contributed by atoms with E-state index in [0.29, 0.717) is 11.8 Å². The van der Waals surface area contributed by atoms with Gasteiger partial charge in [0.05, 0.1) is 5.75 Å². The molecule has 0 heterocycles. The van der Waals surface area contributed by atoms with Gasteiger partial charge >= 0.3 is 11.9 Å². The molecule has 0 aliphatic heterocycles. The van der Waals surface area contributed by atoms with E-state index in [2.05, 4.69) is 4.74 Å². The SMILES string of the molecule is CC(=O)OC(=O)C(=O)CSC(C)=O. The fraction of sp³-hybridized carbons (Fsp3) is 0.429. The number of rotatable bonds is 3.